The van der Waals surface area contributed by atoms with Crippen LogP contribution < -0.4 is 16.4 Å². The molecule has 0 amide bonds. The molecule has 1 aliphatic heterocycles. The second kappa shape index (κ2) is 7.03. The molecule has 4 N–H and O–H groups in total. The summed E-state index contributed by atoms with van der Waals surface area (Å²) in [6, 6.07) is 0.727. The highest BCUT2D eigenvalue weighted by molar-refractivity contribution is 7.15. The van der Waals surface area contributed by atoms with Gasteiger partial charge in [0.05, 0.1) is 0 Å². The van der Waals surface area contributed by atoms with Crippen molar-refractivity contribution in [3.8, 4) is 0 Å². The van der Waals surface area contributed by atoms with Crippen LogP contribution in [0.5, 0.6) is 0 Å². The average molecular weight is 309 g/mol. The third-order valence-electron chi connectivity index (χ3n) is 5.19. The number of aromatic nitrogens is 2. The van der Waals surface area contributed by atoms with Gasteiger partial charge in [-0.25, -0.2) is 0 Å². The lowest BCUT2D eigenvalue weighted by Gasteiger charge is -2.43. The molecular formula is C15H27N5S. The molecule has 1 aromatic heterocycles. The molecule has 2 heterocycles. The fourth-order valence-corrected chi connectivity index (χ4v) is 4.46. The van der Waals surface area contributed by atoms with Gasteiger partial charge in [0.25, 0.3) is 0 Å². The Morgan fingerprint density at radius 1 is 1.19 bits per heavy atom. The molecule has 1 aliphatic carbocycles. The quantitative estimate of drug-likeness (QED) is 0.725. The molecule has 21 heavy (non-hydrogen) atoms. The van der Waals surface area contributed by atoms with Crippen LogP contribution in [0, 0.1) is 5.41 Å². The van der Waals surface area contributed by atoms with Crippen molar-refractivity contribution in [2.75, 3.05) is 25.4 Å². The maximum atomic E-state index is 5.59. The number of anilines is 1. The average Bonchev–Trinajstić information content (AvgIpc) is 2.92. The first-order chi connectivity index (χ1) is 10.3. The minimum absolute atomic E-state index is 0.581. The molecule has 0 unspecified atom stereocenters. The van der Waals surface area contributed by atoms with Crippen LogP contribution in [0.25, 0.3) is 0 Å². The zero-order chi connectivity index (χ0) is 14.5. The molecule has 1 aromatic rings. The minimum atomic E-state index is 0.581. The van der Waals surface area contributed by atoms with E-state index in [1.165, 1.54) is 63.0 Å². The fraction of sp³-hybridized carbons (Fsp3) is 0.867. The lowest BCUT2D eigenvalue weighted by Crippen LogP contribution is -2.43. The van der Waals surface area contributed by atoms with Crippen molar-refractivity contribution in [2.45, 2.75) is 57.4 Å². The van der Waals surface area contributed by atoms with Crippen LogP contribution in [0.1, 0.15) is 50.0 Å². The summed E-state index contributed by atoms with van der Waals surface area (Å²) in [6.07, 6.45) is 10.4. The molecule has 2 fully saturated rings. The van der Waals surface area contributed by atoms with Crippen molar-refractivity contribution in [1.29, 1.82) is 0 Å². The third-order valence-corrected chi connectivity index (χ3v) is 6.01. The van der Waals surface area contributed by atoms with Gasteiger partial charge in [0.15, 0.2) is 0 Å². The summed E-state index contributed by atoms with van der Waals surface area (Å²) in [5, 5.41) is 16.8. The fourth-order valence-electron chi connectivity index (χ4n) is 3.80. The Morgan fingerprint density at radius 2 is 1.95 bits per heavy atom. The number of aryl methyl sites for hydroxylation is 1. The summed E-state index contributed by atoms with van der Waals surface area (Å²) in [7, 11) is 0. The smallest absolute Gasteiger partial charge is 0.203 e. The summed E-state index contributed by atoms with van der Waals surface area (Å²) in [5.74, 6) is 0. The largest absolute Gasteiger partial charge is 0.374 e. The van der Waals surface area contributed by atoms with Crippen LogP contribution in [0.15, 0.2) is 0 Å². The minimum Gasteiger partial charge on any atom is -0.374 e. The Morgan fingerprint density at radius 3 is 2.62 bits per heavy atom. The van der Waals surface area contributed by atoms with Crippen LogP contribution >= 0.6 is 11.3 Å². The maximum Gasteiger partial charge on any atom is 0.203 e. The van der Waals surface area contributed by atoms with Gasteiger partial charge in [-0.2, -0.15) is 0 Å². The normalized spacial score (nSPS) is 22.7. The second-order valence-corrected chi connectivity index (χ2v) is 7.71. The molecule has 0 aromatic carbocycles. The molecule has 5 nitrogen and oxygen atoms in total. The number of hydrogen-bond acceptors (Lipinski definition) is 6. The van der Waals surface area contributed by atoms with E-state index in [0.717, 1.165) is 30.4 Å². The van der Waals surface area contributed by atoms with Crippen LogP contribution in [0.2, 0.25) is 0 Å². The molecule has 1 saturated heterocycles. The van der Waals surface area contributed by atoms with Gasteiger partial charge in [-0.3, -0.25) is 0 Å². The molecule has 0 atom stereocenters. The van der Waals surface area contributed by atoms with Crippen molar-refractivity contribution in [3.63, 3.8) is 0 Å². The third kappa shape index (κ3) is 4.14. The molecule has 0 radical (unpaired) electrons. The Labute approximate surface area is 131 Å². The first-order valence-electron chi connectivity index (χ1n) is 8.28. The Kier molecular flexibility index (Phi) is 5.08. The van der Waals surface area contributed by atoms with Gasteiger partial charge < -0.3 is 16.4 Å². The number of rotatable bonds is 5. The highest BCUT2D eigenvalue weighted by Gasteiger charge is 2.35. The van der Waals surface area contributed by atoms with Gasteiger partial charge in [-0.15, -0.1) is 10.2 Å². The van der Waals surface area contributed by atoms with Gasteiger partial charge in [0, 0.05) is 12.5 Å². The molecule has 1 saturated carbocycles. The van der Waals surface area contributed by atoms with E-state index in [2.05, 4.69) is 20.8 Å². The Bertz CT molecular complexity index is 431. The second-order valence-electron chi connectivity index (χ2n) is 6.62. The van der Waals surface area contributed by atoms with Crippen molar-refractivity contribution >= 4 is 16.5 Å². The van der Waals surface area contributed by atoms with E-state index < -0.39 is 0 Å². The summed E-state index contributed by atoms with van der Waals surface area (Å²) in [4.78, 5) is 0. The molecule has 6 heteroatoms. The first kappa shape index (κ1) is 15.2. The van der Waals surface area contributed by atoms with E-state index in [9.17, 15) is 0 Å². The van der Waals surface area contributed by atoms with Crippen LogP contribution in [0.4, 0.5) is 5.13 Å². The zero-order valence-electron chi connectivity index (χ0n) is 12.7. The number of hydrogen-bond donors (Lipinski definition) is 3. The maximum absolute atomic E-state index is 5.59. The van der Waals surface area contributed by atoms with Gasteiger partial charge in [-0.05, 0) is 70.0 Å². The van der Waals surface area contributed by atoms with E-state index in [-0.39, 0.29) is 0 Å². The van der Waals surface area contributed by atoms with Gasteiger partial charge in [0.1, 0.15) is 5.01 Å². The number of piperidine rings is 1. The van der Waals surface area contributed by atoms with E-state index >= 15 is 0 Å². The molecule has 0 bridgehead atoms. The summed E-state index contributed by atoms with van der Waals surface area (Å²) in [5.41, 5.74) is 6.27. The predicted molar refractivity (Wildman–Crippen MR) is 87.4 cm³/mol. The van der Waals surface area contributed by atoms with Gasteiger partial charge >= 0.3 is 0 Å². The van der Waals surface area contributed by atoms with E-state index in [4.69, 9.17) is 5.73 Å². The Balaban J connectivity index is 1.32. The summed E-state index contributed by atoms with van der Waals surface area (Å²) < 4.78 is 0. The summed E-state index contributed by atoms with van der Waals surface area (Å²) in [6.45, 7) is 3.53. The van der Waals surface area contributed by atoms with Crippen molar-refractivity contribution in [3.05, 3.63) is 5.01 Å². The highest BCUT2D eigenvalue weighted by atomic mass is 32.1. The van der Waals surface area contributed by atoms with Gasteiger partial charge in [0.2, 0.25) is 5.13 Å². The van der Waals surface area contributed by atoms with Crippen LogP contribution in [-0.2, 0) is 6.42 Å². The molecule has 3 rings (SSSR count). The molecule has 118 valence electrons. The van der Waals surface area contributed by atoms with E-state index in [1.54, 1.807) is 0 Å². The predicted octanol–water partition coefficient (Wildman–Crippen LogP) is 1.95. The SMILES string of the molecule is Nc1nnc(CCCNC2CCC3(CCNCC3)CC2)s1. The lowest BCUT2D eigenvalue weighted by molar-refractivity contribution is 0.116. The van der Waals surface area contributed by atoms with Gasteiger partial charge in [-0.1, -0.05) is 11.3 Å². The molecular weight excluding hydrogens is 282 g/mol. The topological polar surface area (TPSA) is 75.9 Å². The number of nitrogen functional groups attached to an aromatic ring is 1. The van der Waals surface area contributed by atoms with E-state index in [1.807, 2.05) is 0 Å². The standard InChI is InChI=1S/C15H27N5S/c16-14-20-19-13(21-14)2-1-9-18-12-3-5-15(6-4-12)7-10-17-11-8-15/h12,17-18H,1-11H2,(H2,16,20). The number of nitrogens with zero attached hydrogens (tertiary/aromatic N) is 2. The van der Waals surface area contributed by atoms with Crippen molar-refractivity contribution in [2.24, 2.45) is 5.41 Å². The highest BCUT2D eigenvalue weighted by Crippen LogP contribution is 2.43. The number of nitrogens with one attached hydrogen (secondary N) is 2. The van der Waals surface area contributed by atoms with Crippen LogP contribution in [-0.4, -0.2) is 35.9 Å². The molecule has 2 aliphatic rings. The molecule has 1 spiro atoms. The first-order valence-corrected chi connectivity index (χ1v) is 9.09. The van der Waals surface area contributed by atoms with Crippen molar-refractivity contribution in [1.82, 2.24) is 20.8 Å². The van der Waals surface area contributed by atoms with Crippen molar-refractivity contribution < 1.29 is 0 Å². The Hall–Kier alpha value is -0.720. The van der Waals surface area contributed by atoms with Crippen LogP contribution in [0.3, 0.4) is 0 Å². The zero-order valence-corrected chi connectivity index (χ0v) is 13.6. The summed E-state index contributed by atoms with van der Waals surface area (Å²) >= 11 is 1.51. The monoisotopic (exact) mass is 309 g/mol. The van der Waals surface area contributed by atoms with E-state index in [0.29, 0.717) is 10.5 Å². The number of nitrogens with two attached hydrogens (primary N) is 1. The lowest BCUT2D eigenvalue weighted by atomic mass is 9.67.